The number of methoxy groups -OCH3 is 1. The molecule has 0 saturated carbocycles. The minimum absolute atomic E-state index is 0.0438. The molecule has 1 aromatic rings. The smallest absolute Gasteiger partial charge is 0.160 e. The van der Waals surface area contributed by atoms with Gasteiger partial charge in [0.15, 0.2) is 11.5 Å². The van der Waals surface area contributed by atoms with Gasteiger partial charge in [0.05, 0.1) is 7.11 Å². The SMILES string of the molecule is COc1cc(CC(C/C=C(\C)CCC=C(C)C)C(C)=O)ccc1O. The predicted octanol–water partition coefficient (Wildman–Crippen LogP) is 5.23. The van der Waals surface area contributed by atoms with E-state index in [4.69, 9.17) is 4.74 Å². The van der Waals surface area contributed by atoms with Crippen molar-refractivity contribution >= 4 is 5.78 Å². The Labute approximate surface area is 146 Å². The van der Waals surface area contributed by atoms with Crippen molar-refractivity contribution in [2.75, 3.05) is 7.11 Å². The molecule has 0 fully saturated rings. The van der Waals surface area contributed by atoms with Gasteiger partial charge in [-0.2, -0.15) is 0 Å². The standard InChI is InChI=1S/C21H30O3/c1-15(2)7-6-8-16(3)9-11-19(17(4)22)13-18-10-12-20(23)21(14-18)24-5/h7,9-10,12,14,19,23H,6,8,11,13H2,1-5H3/b16-9+. The summed E-state index contributed by atoms with van der Waals surface area (Å²) in [6.07, 6.45) is 7.90. The summed E-state index contributed by atoms with van der Waals surface area (Å²) in [7, 11) is 1.53. The second-order valence-corrected chi connectivity index (χ2v) is 6.62. The Kier molecular flexibility index (Phi) is 8.31. The highest BCUT2D eigenvalue weighted by Crippen LogP contribution is 2.28. The maximum Gasteiger partial charge on any atom is 0.160 e. The molecule has 0 aliphatic rings. The van der Waals surface area contributed by atoms with Crippen LogP contribution in [0.25, 0.3) is 0 Å². The van der Waals surface area contributed by atoms with Gasteiger partial charge in [0.1, 0.15) is 5.78 Å². The van der Waals surface area contributed by atoms with Crippen molar-refractivity contribution in [3.05, 3.63) is 47.1 Å². The molecule has 3 nitrogen and oxygen atoms in total. The zero-order valence-corrected chi connectivity index (χ0v) is 15.6. The molecule has 1 atom stereocenters. The van der Waals surface area contributed by atoms with E-state index in [2.05, 4.69) is 32.9 Å². The van der Waals surface area contributed by atoms with Crippen LogP contribution in [0.2, 0.25) is 0 Å². The maximum atomic E-state index is 12.0. The highest BCUT2D eigenvalue weighted by molar-refractivity contribution is 5.78. The van der Waals surface area contributed by atoms with E-state index in [1.807, 2.05) is 6.07 Å². The van der Waals surface area contributed by atoms with Crippen molar-refractivity contribution in [1.29, 1.82) is 0 Å². The number of Topliss-reactive ketones (excluding diaryl/α,β-unsaturated/α-hetero) is 1. The number of hydrogen-bond acceptors (Lipinski definition) is 3. The summed E-state index contributed by atoms with van der Waals surface area (Å²) < 4.78 is 5.14. The molecule has 0 heterocycles. The Bertz CT molecular complexity index is 608. The van der Waals surface area contributed by atoms with Crippen molar-refractivity contribution in [3.8, 4) is 11.5 Å². The number of allylic oxidation sites excluding steroid dienone is 4. The second-order valence-electron chi connectivity index (χ2n) is 6.62. The molecule has 132 valence electrons. The number of ether oxygens (including phenoxy) is 1. The van der Waals surface area contributed by atoms with Crippen LogP contribution in [0.4, 0.5) is 0 Å². The Morgan fingerprint density at radius 2 is 1.92 bits per heavy atom. The molecular weight excluding hydrogens is 300 g/mol. The molecule has 0 aromatic heterocycles. The average Bonchev–Trinajstić information content (AvgIpc) is 2.52. The monoisotopic (exact) mass is 330 g/mol. The fourth-order valence-electron chi connectivity index (χ4n) is 2.56. The van der Waals surface area contributed by atoms with Crippen LogP contribution in [-0.4, -0.2) is 18.0 Å². The number of benzene rings is 1. The van der Waals surface area contributed by atoms with E-state index in [9.17, 15) is 9.90 Å². The molecule has 1 aromatic carbocycles. The van der Waals surface area contributed by atoms with Gasteiger partial charge in [-0.3, -0.25) is 4.79 Å². The van der Waals surface area contributed by atoms with Crippen molar-refractivity contribution in [3.63, 3.8) is 0 Å². The fraction of sp³-hybridized carbons (Fsp3) is 0.476. The number of hydrogen-bond donors (Lipinski definition) is 1. The van der Waals surface area contributed by atoms with Crippen molar-refractivity contribution in [1.82, 2.24) is 0 Å². The van der Waals surface area contributed by atoms with Gasteiger partial charge in [-0.15, -0.1) is 0 Å². The summed E-state index contributed by atoms with van der Waals surface area (Å²) in [6, 6.07) is 5.27. The minimum atomic E-state index is -0.0438. The molecule has 0 spiro atoms. The molecule has 1 unspecified atom stereocenters. The zero-order valence-electron chi connectivity index (χ0n) is 15.6. The van der Waals surface area contributed by atoms with Crippen molar-refractivity contribution < 1.29 is 14.6 Å². The topological polar surface area (TPSA) is 46.5 Å². The number of aromatic hydroxyl groups is 1. The molecule has 1 rings (SSSR count). The molecule has 0 bridgehead atoms. The van der Waals surface area contributed by atoms with Crippen LogP contribution in [0.5, 0.6) is 11.5 Å². The summed E-state index contributed by atoms with van der Waals surface area (Å²) in [5, 5.41) is 9.67. The quantitative estimate of drug-likeness (QED) is 0.631. The van der Waals surface area contributed by atoms with Gasteiger partial charge in [-0.25, -0.2) is 0 Å². The second kappa shape index (κ2) is 9.96. The highest BCUT2D eigenvalue weighted by Gasteiger charge is 2.15. The van der Waals surface area contributed by atoms with Gasteiger partial charge < -0.3 is 9.84 Å². The molecule has 1 N–H and O–H groups in total. The van der Waals surface area contributed by atoms with E-state index in [1.165, 1.54) is 18.3 Å². The lowest BCUT2D eigenvalue weighted by atomic mass is 9.91. The number of rotatable bonds is 9. The summed E-state index contributed by atoms with van der Waals surface area (Å²) >= 11 is 0. The Hall–Kier alpha value is -2.03. The third-order valence-electron chi connectivity index (χ3n) is 4.14. The maximum absolute atomic E-state index is 12.0. The molecule has 0 saturated heterocycles. The first kappa shape index (κ1) is 20.0. The number of carbonyl (C=O) groups excluding carboxylic acids is 1. The van der Waals surface area contributed by atoms with Crippen molar-refractivity contribution in [2.45, 2.75) is 53.4 Å². The van der Waals surface area contributed by atoms with E-state index in [-0.39, 0.29) is 17.5 Å². The van der Waals surface area contributed by atoms with Gasteiger partial charge >= 0.3 is 0 Å². The lowest BCUT2D eigenvalue weighted by Crippen LogP contribution is -2.13. The van der Waals surface area contributed by atoms with Crippen LogP contribution in [0.1, 0.15) is 52.5 Å². The number of phenolic OH excluding ortho intramolecular Hbond substituents is 1. The van der Waals surface area contributed by atoms with E-state index < -0.39 is 0 Å². The van der Waals surface area contributed by atoms with Gasteiger partial charge in [0, 0.05) is 5.92 Å². The van der Waals surface area contributed by atoms with E-state index >= 15 is 0 Å². The van der Waals surface area contributed by atoms with E-state index in [0.717, 1.165) is 24.8 Å². The zero-order chi connectivity index (χ0) is 18.1. The fourth-order valence-corrected chi connectivity index (χ4v) is 2.56. The predicted molar refractivity (Wildman–Crippen MR) is 99.6 cm³/mol. The molecule has 3 heteroatoms. The number of phenols is 1. The first-order valence-corrected chi connectivity index (χ1v) is 8.48. The Balaban J connectivity index is 2.71. The van der Waals surface area contributed by atoms with E-state index in [0.29, 0.717) is 12.2 Å². The lowest BCUT2D eigenvalue weighted by Gasteiger charge is -2.14. The van der Waals surface area contributed by atoms with Crippen molar-refractivity contribution in [2.24, 2.45) is 5.92 Å². The lowest BCUT2D eigenvalue weighted by molar-refractivity contribution is -0.120. The number of ketones is 1. The molecule has 0 radical (unpaired) electrons. The summed E-state index contributed by atoms with van der Waals surface area (Å²) in [5.41, 5.74) is 3.66. The summed E-state index contributed by atoms with van der Waals surface area (Å²) in [5.74, 6) is 0.715. The summed E-state index contributed by atoms with van der Waals surface area (Å²) in [4.78, 5) is 12.0. The van der Waals surface area contributed by atoms with Gasteiger partial charge in [0.25, 0.3) is 0 Å². The van der Waals surface area contributed by atoms with Crippen LogP contribution in [0, 0.1) is 5.92 Å². The Morgan fingerprint density at radius 1 is 1.21 bits per heavy atom. The average molecular weight is 330 g/mol. The first-order chi connectivity index (χ1) is 11.3. The molecular formula is C21H30O3. The van der Waals surface area contributed by atoms with Gasteiger partial charge in [-0.05, 0) is 71.1 Å². The Morgan fingerprint density at radius 3 is 2.50 bits per heavy atom. The third kappa shape index (κ3) is 7.03. The van der Waals surface area contributed by atoms with Crippen LogP contribution in [-0.2, 0) is 11.2 Å². The highest BCUT2D eigenvalue weighted by atomic mass is 16.5. The van der Waals surface area contributed by atoms with Crippen LogP contribution < -0.4 is 4.74 Å². The largest absolute Gasteiger partial charge is 0.504 e. The minimum Gasteiger partial charge on any atom is -0.504 e. The summed E-state index contributed by atoms with van der Waals surface area (Å²) in [6.45, 7) is 7.99. The molecule has 0 aliphatic heterocycles. The van der Waals surface area contributed by atoms with Gasteiger partial charge in [-0.1, -0.05) is 29.4 Å². The molecule has 24 heavy (non-hydrogen) atoms. The number of carbonyl (C=O) groups is 1. The van der Waals surface area contributed by atoms with Gasteiger partial charge in [0.2, 0.25) is 0 Å². The normalized spacial score (nSPS) is 12.6. The van der Waals surface area contributed by atoms with Crippen LogP contribution in [0.15, 0.2) is 41.5 Å². The van der Waals surface area contributed by atoms with E-state index in [1.54, 1.807) is 19.1 Å². The molecule has 0 aliphatic carbocycles. The molecule has 0 amide bonds. The van der Waals surface area contributed by atoms with Crippen LogP contribution >= 0.6 is 0 Å². The third-order valence-corrected chi connectivity index (χ3v) is 4.14. The first-order valence-electron chi connectivity index (χ1n) is 8.48. The van der Waals surface area contributed by atoms with Crippen LogP contribution in [0.3, 0.4) is 0 Å².